The van der Waals surface area contributed by atoms with E-state index in [-0.39, 0.29) is 18.4 Å². The van der Waals surface area contributed by atoms with Crippen LogP contribution in [-0.2, 0) is 11.3 Å². The predicted molar refractivity (Wildman–Crippen MR) is 72.7 cm³/mol. The molecule has 17 heavy (non-hydrogen) atoms. The molecule has 0 radical (unpaired) electrons. The summed E-state index contributed by atoms with van der Waals surface area (Å²) in [5.41, 5.74) is 0.821. The number of amides is 1. The minimum Gasteiger partial charge on any atom is -0.496 e. The van der Waals surface area contributed by atoms with Gasteiger partial charge in [0.2, 0.25) is 0 Å². The Kier molecular flexibility index (Phi) is 6.07. The number of carbonyl (C=O) groups excluding carboxylic acids is 1. The highest BCUT2D eigenvalue weighted by Gasteiger charge is 2.12. The quantitative estimate of drug-likeness (QED) is 0.639. The summed E-state index contributed by atoms with van der Waals surface area (Å²) in [4.78, 5) is 12.9. The van der Waals surface area contributed by atoms with Crippen LogP contribution in [0, 0.1) is 0 Å². The molecule has 1 aromatic rings. The Bertz CT molecular complexity index is 369. The molecule has 1 aromatic carbocycles. The molecule has 1 amide bonds. The highest BCUT2D eigenvalue weighted by molar-refractivity contribution is 7.81. The van der Waals surface area contributed by atoms with Gasteiger partial charge >= 0.3 is 6.09 Å². The van der Waals surface area contributed by atoms with Gasteiger partial charge in [0.25, 0.3) is 0 Å². The second-order valence-corrected chi connectivity index (χ2v) is 3.75. The summed E-state index contributed by atoms with van der Waals surface area (Å²) in [7, 11) is 1.58. The van der Waals surface area contributed by atoms with Crippen molar-refractivity contribution in [1.82, 2.24) is 4.90 Å². The number of hydrogen-bond donors (Lipinski definition) is 2. The molecular formula is C11H15NO3S2. The third kappa shape index (κ3) is 4.05. The van der Waals surface area contributed by atoms with Crippen molar-refractivity contribution < 1.29 is 14.3 Å². The van der Waals surface area contributed by atoms with Gasteiger partial charge in [-0.1, -0.05) is 18.2 Å². The van der Waals surface area contributed by atoms with E-state index in [1.807, 2.05) is 24.3 Å². The molecule has 0 fully saturated rings. The van der Waals surface area contributed by atoms with Gasteiger partial charge in [-0.05, 0) is 6.07 Å². The van der Waals surface area contributed by atoms with Crippen LogP contribution < -0.4 is 4.74 Å². The van der Waals surface area contributed by atoms with Gasteiger partial charge in [-0.3, -0.25) is 4.90 Å². The van der Waals surface area contributed by atoms with E-state index in [4.69, 9.17) is 9.47 Å². The van der Waals surface area contributed by atoms with E-state index < -0.39 is 6.09 Å². The molecule has 0 saturated heterocycles. The number of hydrogen-bond acceptors (Lipinski definition) is 5. The maximum atomic E-state index is 11.5. The van der Waals surface area contributed by atoms with Crippen molar-refractivity contribution in [3.63, 3.8) is 0 Å². The summed E-state index contributed by atoms with van der Waals surface area (Å²) < 4.78 is 10.3. The summed E-state index contributed by atoms with van der Waals surface area (Å²) in [5.74, 6) is 1.24. The Balaban J connectivity index is 2.58. The Morgan fingerprint density at radius 2 is 1.94 bits per heavy atom. The van der Waals surface area contributed by atoms with Crippen molar-refractivity contribution in [3.05, 3.63) is 29.8 Å². The number of rotatable bonds is 5. The van der Waals surface area contributed by atoms with Crippen LogP contribution in [0.2, 0.25) is 0 Å². The predicted octanol–water partition coefficient (Wildman–Crippen LogP) is 2.41. The number of ether oxygens (including phenoxy) is 2. The van der Waals surface area contributed by atoms with Crippen LogP contribution in [-0.4, -0.2) is 29.9 Å². The zero-order chi connectivity index (χ0) is 12.7. The average molecular weight is 273 g/mol. The van der Waals surface area contributed by atoms with Crippen LogP contribution in [0.1, 0.15) is 5.56 Å². The molecule has 0 aliphatic heterocycles. The molecule has 0 aliphatic carbocycles. The third-order valence-corrected chi connectivity index (χ3v) is 2.83. The molecular weight excluding hydrogens is 258 g/mol. The van der Waals surface area contributed by atoms with E-state index in [0.29, 0.717) is 5.75 Å². The van der Waals surface area contributed by atoms with Crippen molar-refractivity contribution in [1.29, 1.82) is 0 Å². The number of methoxy groups -OCH3 is 1. The zero-order valence-electron chi connectivity index (χ0n) is 9.50. The van der Waals surface area contributed by atoms with Gasteiger partial charge in [-0.2, -0.15) is 25.3 Å². The van der Waals surface area contributed by atoms with E-state index >= 15 is 0 Å². The molecule has 0 aliphatic rings. The lowest BCUT2D eigenvalue weighted by Gasteiger charge is -2.17. The molecule has 6 heteroatoms. The van der Waals surface area contributed by atoms with Gasteiger partial charge in [0.15, 0.2) is 0 Å². The normalized spacial score (nSPS) is 9.82. The Labute approximate surface area is 112 Å². The maximum absolute atomic E-state index is 11.5. The van der Waals surface area contributed by atoms with Gasteiger partial charge in [0.05, 0.1) is 18.9 Å². The Hall–Kier alpha value is -1.01. The van der Waals surface area contributed by atoms with Crippen LogP contribution in [0.15, 0.2) is 24.3 Å². The topological polar surface area (TPSA) is 38.8 Å². The molecule has 1 rings (SSSR count). The summed E-state index contributed by atoms with van der Waals surface area (Å²) in [6.07, 6.45) is -0.444. The standard InChI is InChI=1S/C11H15NO3S2/c1-14-10-5-3-2-4-9(10)6-15-11(13)12(7-16)8-17/h2-5,16-17H,6-8H2,1H3. The summed E-state index contributed by atoms with van der Waals surface area (Å²) in [6.45, 7) is 0.168. The van der Waals surface area contributed by atoms with E-state index in [0.717, 1.165) is 5.56 Å². The molecule has 0 N–H and O–H groups in total. The largest absolute Gasteiger partial charge is 0.496 e. The molecule has 0 saturated carbocycles. The second-order valence-electron chi connectivity index (χ2n) is 3.19. The molecule has 0 heterocycles. The fourth-order valence-electron chi connectivity index (χ4n) is 1.21. The minimum atomic E-state index is -0.444. The number of para-hydroxylation sites is 1. The molecule has 0 unspecified atom stereocenters. The van der Waals surface area contributed by atoms with E-state index in [2.05, 4.69) is 25.3 Å². The maximum Gasteiger partial charge on any atom is 0.411 e. The Morgan fingerprint density at radius 3 is 2.53 bits per heavy atom. The van der Waals surface area contributed by atoms with Crippen LogP contribution in [0.5, 0.6) is 5.75 Å². The van der Waals surface area contributed by atoms with Crippen LogP contribution in [0.25, 0.3) is 0 Å². The Morgan fingerprint density at radius 1 is 1.29 bits per heavy atom. The fourth-order valence-corrected chi connectivity index (χ4v) is 1.80. The first-order valence-electron chi connectivity index (χ1n) is 4.98. The van der Waals surface area contributed by atoms with Gasteiger partial charge in [-0.15, -0.1) is 0 Å². The zero-order valence-corrected chi connectivity index (χ0v) is 11.3. The molecule has 4 nitrogen and oxygen atoms in total. The molecule has 0 aromatic heterocycles. The van der Waals surface area contributed by atoms with E-state index in [9.17, 15) is 4.79 Å². The monoisotopic (exact) mass is 273 g/mol. The first kappa shape index (κ1) is 14.1. The summed E-state index contributed by atoms with van der Waals surface area (Å²) >= 11 is 8.01. The molecule has 0 atom stereocenters. The first-order valence-corrected chi connectivity index (χ1v) is 6.24. The smallest absolute Gasteiger partial charge is 0.411 e. The first-order chi connectivity index (χ1) is 8.22. The fraction of sp³-hybridized carbons (Fsp3) is 0.364. The lowest BCUT2D eigenvalue weighted by atomic mass is 10.2. The molecule has 0 spiro atoms. The average Bonchev–Trinajstić information content (AvgIpc) is 2.38. The SMILES string of the molecule is COc1ccccc1COC(=O)N(CS)CS. The number of nitrogens with zero attached hydrogens (tertiary/aromatic N) is 1. The lowest BCUT2D eigenvalue weighted by Crippen LogP contribution is -2.29. The molecule has 94 valence electrons. The van der Waals surface area contributed by atoms with Crippen molar-refractivity contribution in [3.8, 4) is 5.75 Å². The van der Waals surface area contributed by atoms with Gasteiger partial charge < -0.3 is 9.47 Å². The van der Waals surface area contributed by atoms with E-state index in [1.165, 1.54) is 4.90 Å². The van der Waals surface area contributed by atoms with Crippen LogP contribution >= 0.6 is 25.3 Å². The molecule has 0 bridgehead atoms. The number of carbonyl (C=O) groups is 1. The third-order valence-electron chi connectivity index (χ3n) is 2.14. The second kappa shape index (κ2) is 7.34. The van der Waals surface area contributed by atoms with Crippen molar-refractivity contribution in [2.45, 2.75) is 6.61 Å². The lowest BCUT2D eigenvalue weighted by molar-refractivity contribution is 0.108. The number of thiol groups is 2. The van der Waals surface area contributed by atoms with Crippen molar-refractivity contribution >= 4 is 31.4 Å². The van der Waals surface area contributed by atoms with Crippen molar-refractivity contribution in [2.24, 2.45) is 0 Å². The van der Waals surface area contributed by atoms with Gasteiger partial charge in [-0.25, -0.2) is 4.79 Å². The number of benzene rings is 1. The van der Waals surface area contributed by atoms with Gasteiger partial charge in [0.1, 0.15) is 12.4 Å². The summed E-state index contributed by atoms with van der Waals surface area (Å²) in [5, 5.41) is 0. The minimum absolute atomic E-state index is 0.168. The van der Waals surface area contributed by atoms with Crippen LogP contribution in [0.3, 0.4) is 0 Å². The highest BCUT2D eigenvalue weighted by Crippen LogP contribution is 2.18. The van der Waals surface area contributed by atoms with Crippen LogP contribution in [0.4, 0.5) is 4.79 Å². The van der Waals surface area contributed by atoms with Gasteiger partial charge in [0, 0.05) is 5.56 Å². The van der Waals surface area contributed by atoms with E-state index in [1.54, 1.807) is 7.11 Å². The summed E-state index contributed by atoms with van der Waals surface area (Å²) in [6, 6.07) is 7.38. The van der Waals surface area contributed by atoms with Crippen molar-refractivity contribution in [2.75, 3.05) is 18.9 Å². The highest BCUT2D eigenvalue weighted by atomic mass is 32.1.